The summed E-state index contributed by atoms with van der Waals surface area (Å²) in [6, 6.07) is 9.14. The van der Waals surface area contributed by atoms with Crippen molar-refractivity contribution in [3.8, 4) is 0 Å². The number of hydrogen-bond acceptors (Lipinski definition) is 0. The van der Waals surface area contributed by atoms with Crippen molar-refractivity contribution in [1.82, 2.24) is 0 Å². The van der Waals surface area contributed by atoms with Crippen LogP contribution in [-0.2, 0) is 36.6 Å². The molecule has 0 amide bonds. The van der Waals surface area contributed by atoms with Crippen LogP contribution in [0.25, 0.3) is 0 Å². The van der Waals surface area contributed by atoms with Crippen LogP contribution in [0, 0.1) is 56.3 Å². The van der Waals surface area contributed by atoms with Crippen molar-refractivity contribution >= 4 is 28.0 Å². The normalized spacial score (nSPS) is 35.7. The smallest absolute Gasteiger partial charge is 0.109 e. The molecule has 0 nitrogen and oxygen atoms in total. The third-order valence-corrected chi connectivity index (χ3v) is 17.0. The number of fused-ring (bicyclic) bond motifs is 8. The molecule has 6 aliphatic rings. The zero-order valence-electron chi connectivity index (χ0n) is 34.1. The van der Waals surface area contributed by atoms with E-state index < -0.39 is 23.5 Å². The van der Waals surface area contributed by atoms with Crippen LogP contribution in [0.5, 0.6) is 0 Å². The number of benzene rings is 2. The van der Waals surface area contributed by atoms with Crippen molar-refractivity contribution in [2.75, 3.05) is 0 Å². The van der Waals surface area contributed by atoms with E-state index >= 15 is 0 Å². The van der Waals surface area contributed by atoms with Crippen molar-refractivity contribution in [3.63, 3.8) is 0 Å². The Labute approximate surface area is 368 Å². The van der Waals surface area contributed by atoms with Gasteiger partial charge in [-0.2, -0.15) is 6.08 Å². The van der Waals surface area contributed by atoms with E-state index in [2.05, 4.69) is 141 Å². The maximum absolute atomic E-state index is 12.5. The summed E-state index contributed by atoms with van der Waals surface area (Å²) >= 11 is 0.898. The monoisotopic (exact) mass is 914 g/mol. The van der Waals surface area contributed by atoms with Crippen LogP contribution in [0.15, 0.2) is 139 Å². The number of allylic oxidation sites excluding steroid dienone is 16. The van der Waals surface area contributed by atoms with Crippen LogP contribution in [-0.4, -0.2) is 3.21 Å². The summed E-state index contributed by atoms with van der Waals surface area (Å²) in [4.78, 5) is 0. The van der Waals surface area contributed by atoms with Crippen molar-refractivity contribution in [1.29, 1.82) is 0 Å². The number of alkyl halides is 6. The van der Waals surface area contributed by atoms with Crippen molar-refractivity contribution in [3.05, 3.63) is 174 Å². The maximum Gasteiger partial charge on any atom is -0.109 e. The summed E-state index contributed by atoms with van der Waals surface area (Å²) in [5.74, 6) is 0.460. The average molecular weight is 917 g/mol. The molecule has 0 heterocycles. The molecule has 2 fully saturated rings. The zero-order valence-corrected chi connectivity index (χ0v) is 38.2. The SMILES string of the molecule is CC1=CC=CC2[CH-]C3(C)C4(C)C=CC=CC4(C)C4(C)C=CC=CC4(C)C3(C)C12C.Cl.Cl.FC(F)(F)c1ccc([C](=[Zr+2])c2ccc(C(F)(F)F)cc2)cc1.[C-]1=CC=CC1. The van der Waals surface area contributed by atoms with Gasteiger partial charge in [-0.25, -0.2) is 12.2 Å². The fourth-order valence-corrected chi connectivity index (χ4v) is 12.2. The molecular weight excluding hydrogens is 865 g/mol. The van der Waals surface area contributed by atoms with Crippen LogP contribution < -0.4 is 0 Å². The van der Waals surface area contributed by atoms with Gasteiger partial charge in [-0.1, -0.05) is 115 Å². The van der Waals surface area contributed by atoms with Crippen LogP contribution in [0.1, 0.15) is 84.1 Å². The van der Waals surface area contributed by atoms with E-state index in [1.165, 1.54) is 29.8 Å². The second-order valence-electron chi connectivity index (χ2n) is 17.2. The maximum atomic E-state index is 12.5. The second-order valence-corrected chi connectivity index (χ2v) is 18.5. The van der Waals surface area contributed by atoms with Gasteiger partial charge in [0.05, 0.1) is 0 Å². The molecule has 0 aliphatic heterocycles. The summed E-state index contributed by atoms with van der Waals surface area (Å²) < 4.78 is 75.6. The Balaban J connectivity index is 0.000000228. The molecule has 0 aromatic heterocycles. The molecule has 308 valence electrons. The molecule has 8 atom stereocenters. The molecule has 9 heteroatoms. The predicted octanol–water partition coefficient (Wildman–Crippen LogP) is 14.6. The molecule has 8 unspecified atom stereocenters. The van der Waals surface area contributed by atoms with Gasteiger partial charge in [-0.15, -0.1) is 48.6 Å². The van der Waals surface area contributed by atoms with Gasteiger partial charge in [0.1, 0.15) is 0 Å². The minimum absolute atomic E-state index is 0. The predicted molar refractivity (Wildman–Crippen MR) is 226 cm³/mol. The molecule has 8 rings (SSSR count). The van der Waals surface area contributed by atoms with Gasteiger partial charge in [0.15, 0.2) is 0 Å². The van der Waals surface area contributed by atoms with Crippen molar-refractivity contribution in [2.24, 2.45) is 43.8 Å². The molecular formula is C49H52Cl2F6Zr. The fourth-order valence-electron chi connectivity index (χ4n) is 11.4. The van der Waals surface area contributed by atoms with Crippen molar-refractivity contribution < 1.29 is 50.6 Å². The Kier molecular flexibility index (Phi) is 13.5. The third-order valence-electron chi connectivity index (χ3n) is 15.6. The van der Waals surface area contributed by atoms with Gasteiger partial charge < -0.3 is 6.42 Å². The summed E-state index contributed by atoms with van der Waals surface area (Å²) in [7, 11) is 0. The first-order valence-electron chi connectivity index (χ1n) is 19.1. The largest absolute Gasteiger partial charge is 0.273 e. The van der Waals surface area contributed by atoms with E-state index in [9.17, 15) is 26.3 Å². The Morgan fingerprint density at radius 1 is 0.638 bits per heavy atom. The van der Waals surface area contributed by atoms with Gasteiger partial charge in [-0.05, 0) is 28.6 Å². The van der Waals surface area contributed by atoms with E-state index in [-0.39, 0.29) is 62.7 Å². The number of hydrogen-bond donors (Lipinski definition) is 0. The quantitative estimate of drug-likeness (QED) is 0.208. The molecule has 58 heavy (non-hydrogen) atoms. The van der Waals surface area contributed by atoms with Gasteiger partial charge in [0.25, 0.3) is 0 Å². The average Bonchev–Trinajstić information content (AvgIpc) is 3.80. The molecule has 0 spiro atoms. The summed E-state index contributed by atoms with van der Waals surface area (Å²) in [5.41, 5.74) is 1.34. The van der Waals surface area contributed by atoms with E-state index in [1.807, 2.05) is 12.2 Å². The summed E-state index contributed by atoms with van der Waals surface area (Å²) in [6.07, 6.45) is 30.4. The molecule has 0 saturated heterocycles. The van der Waals surface area contributed by atoms with Gasteiger partial charge in [0.2, 0.25) is 0 Å². The van der Waals surface area contributed by atoms with E-state index in [0.717, 1.165) is 54.9 Å². The Bertz CT molecular complexity index is 2050. The number of rotatable bonds is 2. The molecule has 0 bridgehead atoms. The first-order chi connectivity index (χ1) is 26.0. The first-order valence-corrected chi connectivity index (χ1v) is 20.3. The number of halogens is 8. The Morgan fingerprint density at radius 2 is 1.07 bits per heavy atom. The van der Waals surface area contributed by atoms with Crippen LogP contribution in [0.2, 0.25) is 0 Å². The van der Waals surface area contributed by atoms with Gasteiger partial charge >= 0.3 is 137 Å². The topological polar surface area (TPSA) is 0 Å². The molecule has 2 aromatic carbocycles. The third kappa shape index (κ3) is 6.80. The van der Waals surface area contributed by atoms with E-state index in [0.29, 0.717) is 20.3 Å². The minimum atomic E-state index is -4.41. The summed E-state index contributed by atoms with van der Waals surface area (Å²) in [5, 5.41) is 0. The van der Waals surface area contributed by atoms with Gasteiger partial charge in [0, 0.05) is 10.8 Å². The molecule has 2 aromatic rings. The van der Waals surface area contributed by atoms with Crippen LogP contribution >= 0.6 is 24.8 Å². The fraction of sp³-hybridized carbons (Fsp3) is 0.388. The zero-order chi connectivity index (χ0) is 41.2. The Morgan fingerprint density at radius 3 is 1.47 bits per heavy atom. The van der Waals surface area contributed by atoms with Crippen LogP contribution in [0.3, 0.4) is 0 Å². The Hall–Kier alpha value is -2.73. The van der Waals surface area contributed by atoms with Crippen molar-refractivity contribution in [2.45, 2.75) is 74.2 Å². The minimum Gasteiger partial charge on any atom is -0.273 e. The second kappa shape index (κ2) is 16.3. The van der Waals surface area contributed by atoms with Crippen LogP contribution in [0.4, 0.5) is 26.3 Å². The molecule has 0 radical (unpaired) electrons. The van der Waals surface area contributed by atoms with E-state index in [4.69, 9.17) is 0 Å². The first kappa shape index (κ1) is 47.9. The molecule has 2 saturated carbocycles. The molecule has 6 aliphatic carbocycles. The van der Waals surface area contributed by atoms with Gasteiger partial charge in [-0.3, -0.25) is 6.08 Å². The molecule has 0 N–H and O–H groups in total. The van der Waals surface area contributed by atoms with E-state index in [1.54, 1.807) is 0 Å². The summed E-state index contributed by atoms with van der Waals surface area (Å²) in [6.45, 7) is 20.3. The standard InChI is InChI=1S/C29H37.C15H8F6.C5H5.2ClH.Zr/c1-21-14-13-15-22-20-27(6)25(4)18-10-9-16-23(25,2)24(3)17-11-12-19-26(24,5)29(27,8)28(21,22)7;16-14(17,18)12-5-1-10(2-6-12)9-11-3-7-13(8-4-11)15(19,20)21;1-2-4-5-3-1;;;/h9-20,22H,1-8H3;1-8H;1-3H,4H2;2*1H;/q-1;;-1;;;+2.